The SMILES string of the molecule is CCNC(=NCC1CCCN1Cc1ccccc1)NCCN(C)CCCOC. The number of hydrogen-bond acceptors (Lipinski definition) is 4. The number of hydrogen-bond donors (Lipinski definition) is 2. The lowest BCUT2D eigenvalue weighted by atomic mass is 10.2. The highest BCUT2D eigenvalue weighted by molar-refractivity contribution is 5.79. The Hall–Kier alpha value is -1.63. The van der Waals surface area contributed by atoms with E-state index in [2.05, 4.69) is 64.7 Å². The van der Waals surface area contributed by atoms with Crippen molar-refractivity contribution >= 4 is 5.96 Å². The molecule has 0 spiro atoms. The normalized spacial score (nSPS) is 18.0. The summed E-state index contributed by atoms with van der Waals surface area (Å²) < 4.78 is 5.12. The predicted octanol–water partition coefficient (Wildman–Crippen LogP) is 2.17. The second kappa shape index (κ2) is 13.5. The van der Waals surface area contributed by atoms with E-state index in [9.17, 15) is 0 Å². The minimum Gasteiger partial charge on any atom is -0.385 e. The molecule has 28 heavy (non-hydrogen) atoms. The van der Waals surface area contributed by atoms with Gasteiger partial charge < -0.3 is 20.3 Å². The fraction of sp³-hybridized carbons (Fsp3) is 0.682. The van der Waals surface area contributed by atoms with E-state index >= 15 is 0 Å². The van der Waals surface area contributed by atoms with Crippen LogP contribution in [0.2, 0.25) is 0 Å². The average Bonchev–Trinajstić information content (AvgIpc) is 3.14. The monoisotopic (exact) mass is 389 g/mol. The second-order valence-corrected chi connectivity index (χ2v) is 7.55. The van der Waals surface area contributed by atoms with Crippen LogP contribution in [0.5, 0.6) is 0 Å². The largest absolute Gasteiger partial charge is 0.385 e. The molecule has 1 atom stereocenters. The molecular formula is C22H39N5O. The van der Waals surface area contributed by atoms with Crippen molar-refractivity contribution in [3.05, 3.63) is 35.9 Å². The lowest BCUT2D eigenvalue weighted by Gasteiger charge is -2.24. The molecule has 2 N–H and O–H groups in total. The number of nitrogens with one attached hydrogen (secondary N) is 2. The molecule has 1 aliphatic heterocycles. The molecule has 0 aliphatic carbocycles. The van der Waals surface area contributed by atoms with Gasteiger partial charge in [0, 0.05) is 52.5 Å². The first-order chi connectivity index (χ1) is 13.7. The molecule has 1 saturated heterocycles. The predicted molar refractivity (Wildman–Crippen MR) is 118 cm³/mol. The first-order valence-electron chi connectivity index (χ1n) is 10.7. The van der Waals surface area contributed by atoms with Crippen LogP contribution in [-0.2, 0) is 11.3 Å². The molecule has 6 nitrogen and oxygen atoms in total. The van der Waals surface area contributed by atoms with Crippen molar-refractivity contribution in [3.63, 3.8) is 0 Å². The van der Waals surface area contributed by atoms with Crippen LogP contribution in [0.3, 0.4) is 0 Å². The Morgan fingerprint density at radius 2 is 2.07 bits per heavy atom. The molecule has 2 rings (SSSR count). The molecule has 0 aromatic heterocycles. The van der Waals surface area contributed by atoms with Crippen molar-refractivity contribution in [2.24, 2.45) is 4.99 Å². The van der Waals surface area contributed by atoms with Gasteiger partial charge in [0.05, 0.1) is 6.54 Å². The Morgan fingerprint density at radius 1 is 1.25 bits per heavy atom. The third kappa shape index (κ3) is 8.59. The highest BCUT2D eigenvalue weighted by atomic mass is 16.5. The molecule has 158 valence electrons. The second-order valence-electron chi connectivity index (χ2n) is 7.55. The van der Waals surface area contributed by atoms with E-state index in [0.29, 0.717) is 6.04 Å². The number of nitrogens with zero attached hydrogens (tertiary/aromatic N) is 3. The van der Waals surface area contributed by atoms with Gasteiger partial charge in [-0.3, -0.25) is 9.89 Å². The summed E-state index contributed by atoms with van der Waals surface area (Å²) in [6, 6.07) is 11.3. The van der Waals surface area contributed by atoms with Gasteiger partial charge >= 0.3 is 0 Å². The maximum atomic E-state index is 5.12. The van der Waals surface area contributed by atoms with Gasteiger partial charge in [-0.15, -0.1) is 0 Å². The molecule has 0 bridgehead atoms. The van der Waals surface area contributed by atoms with Crippen LogP contribution in [0.15, 0.2) is 35.3 Å². The van der Waals surface area contributed by atoms with E-state index in [-0.39, 0.29) is 0 Å². The number of ether oxygens (including phenoxy) is 1. The molecule has 1 aromatic rings. The zero-order chi connectivity index (χ0) is 20.0. The first kappa shape index (κ1) is 22.7. The smallest absolute Gasteiger partial charge is 0.191 e. The fourth-order valence-electron chi connectivity index (χ4n) is 3.62. The van der Waals surface area contributed by atoms with E-state index in [0.717, 1.165) is 58.3 Å². The molecular weight excluding hydrogens is 350 g/mol. The summed E-state index contributed by atoms with van der Waals surface area (Å²) in [5.41, 5.74) is 1.39. The number of rotatable bonds is 12. The molecule has 1 fully saturated rings. The van der Waals surface area contributed by atoms with Gasteiger partial charge in [-0.2, -0.15) is 0 Å². The Balaban J connectivity index is 1.77. The molecule has 0 radical (unpaired) electrons. The lowest BCUT2D eigenvalue weighted by molar-refractivity contribution is 0.180. The lowest BCUT2D eigenvalue weighted by Crippen LogP contribution is -2.42. The van der Waals surface area contributed by atoms with E-state index < -0.39 is 0 Å². The highest BCUT2D eigenvalue weighted by Gasteiger charge is 2.24. The standard InChI is InChI=1S/C22H39N5O/c1-4-23-22(24-13-16-26(2)14-9-17-28-3)25-18-21-12-8-15-27(21)19-20-10-6-5-7-11-20/h5-7,10-11,21H,4,8-9,12-19H2,1-3H3,(H2,23,24,25). The van der Waals surface area contributed by atoms with Gasteiger partial charge in [0.1, 0.15) is 0 Å². The molecule has 0 amide bonds. The summed E-state index contributed by atoms with van der Waals surface area (Å²) >= 11 is 0. The van der Waals surface area contributed by atoms with Gasteiger partial charge in [-0.25, -0.2) is 0 Å². The Kier molecular flexibility index (Phi) is 10.9. The molecule has 1 aliphatic rings. The molecule has 6 heteroatoms. The number of aliphatic imine (C=N–C) groups is 1. The van der Waals surface area contributed by atoms with Crippen LogP contribution in [0.4, 0.5) is 0 Å². The molecule has 1 unspecified atom stereocenters. The number of methoxy groups -OCH3 is 1. The molecule has 1 aromatic carbocycles. The summed E-state index contributed by atoms with van der Waals surface area (Å²) in [6.07, 6.45) is 3.57. The fourth-order valence-corrected chi connectivity index (χ4v) is 3.62. The number of guanidine groups is 1. The average molecular weight is 390 g/mol. The van der Waals surface area contributed by atoms with Gasteiger partial charge in [-0.05, 0) is 45.3 Å². The van der Waals surface area contributed by atoms with Crippen molar-refractivity contribution < 1.29 is 4.74 Å². The third-order valence-corrected chi connectivity index (χ3v) is 5.21. The molecule has 0 saturated carbocycles. The van der Waals surface area contributed by atoms with E-state index in [1.807, 2.05) is 0 Å². The Morgan fingerprint density at radius 3 is 2.82 bits per heavy atom. The van der Waals surface area contributed by atoms with E-state index in [1.54, 1.807) is 7.11 Å². The van der Waals surface area contributed by atoms with Crippen molar-refractivity contribution in [1.29, 1.82) is 0 Å². The maximum Gasteiger partial charge on any atom is 0.191 e. The van der Waals surface area contributed by atoms with Crippen LogP contribution in [0, 0.1) is 0 Å². The Labute approximate surface area is 171 Å². The summed E-state index contributed by atoms with van der Waals surface area (Å²) in [7, 11) is 3.91. The number of likely N-dealkylation sites (N-methyl/N-ethyl adjacent to an activating group) is 1. The summed E-state index contributed by atoms with van der Waals surface area (Å²) in [4.78, 5) is 9.78. The van der Waals surface area contributed by atoms with Crippen LogP contribution >= 0.6 is 0 Å². The van der Waals surface area contributed by atoms with Gasteiger partial charge in [0.25, 0.3) is 0 Å². The third-order valence-electron chi connectivity index (χ3n) is 5.21. The minimum absolute atomic E-state index is 0.535. The zero-order valence-electron chi connectivity index (χ0n) is 18.0. The summed E-state index contributed by atoms with van der Waals surface area (Å²) in [6.45, 7) is 9.82. The van der Waals surface area contributed by atoms with E-state index in [4.69, 9.17) is 9.73 Å². The molecule has 1 heterocycles. The van der Waals surface area contributed by atoms with Crippen LogP contribution < -0.4 is 10.6 Å². The maximum absolute atomic E-state index is 5.12. The van der Waals surface area contributed by atoms with Crippen LogP contribution in [-0.4, -0.2) is 81.8 Å². The Bertz CT molecular complexity index is 551. The topological polar surface area (TPSA) is 52.1 Å². The summed E-state index contributed by atoms with van der Waals surface area (Å²) in [5.74, 6) is 0.930. The quantitative estimate of drug-likeness (QED) is 0.326. The minimum atomic E-state index is 0.535. The van der Waals surface area contributed by atoms with Crippen molar-refractivity contribution in [3.8, 4) is 0 Å². The number of likely N-dealkylation sites (tertiary alicyclic amines) is 1. The van der Waals surface area contributed by atoms with Gasteiger partial charge in [0.2, 0.25) is 0 Å². The van der Waals surface area contributed by atoms with Crippen molar-refractivity contribution in [1.82, 2.24) is 20.4 Å². The zero-order valence-corrected chi connectivity index (χ0v) is 18.0. The van der Waals surface area contributed by atoms with Crippen molar-refractivity contribution in [2.45, 2.75) is 38.8 Å². The highest BCUT2D eigenvalue weighted by Crippen LogP contribution is 2.20. The van der Waals surface area contributed by atoms with E-state index in [1.165, 1.54) is 24.9 Å². The van der Waals surface area contributed by atoms with Crippen LogP contribution in [0.25, 0.3) is 0 Å². The van der Waals surface area contributed by atoms with Crippen molar-refractivity contribution in [2.75, 3.05) is 60.0 Å². The first-order valence-corrected chi connectivity index (χ1v) is 10.7. The summed E-state index contributed by atoms with van der Waals surface area (Å²) in [5, 5.41) is 6.86. The van der Waals surface area contributed by atoms with Gasteiger partial charge in [0.15, 0.2) is 5.96 Å². The van der Waals surface area contributed by atoms with Crippen LogP contribution in [0.1, 0.15) is 31.7 Å². The van der Waals surface area contributed by atoms with Gasteiger partial charge in [-0.1, -0.05) is 30.3 Å². The number of benzene rings is 1.